The molecule has 16 heavy (non-hydrogen) atoms. The molecule has 1 aromatic heterocycles. The SMILES string of the molecule is COCCNCCC=C(C)c1sccc1Br. The quantitative estimate of drug-likeness (QED) is 0.778. The van der Waals surface area contributed by atoms with Gasteiger partial charge in [0, 0.05) is 23.0 Å². The van der Waals surface area contributed by atoms with Gasteiger partial charge >= 0.3 is 0 Å². The first kappa shape index (κ1) is 13.9. The van der Waals surface area contributed by atoms with Gasteiger partial charge in [0.25, 0.3) is 0 Å². The van der Waals surface area contributed by atoms with Crippen molar-refractivity contribution in [2.24, 2.45) is 0 Å². The first-order chi connectivity index (χ1) is 7.75. The summed E-state index contributed by atoms with van der Waals surface area (Å²) >= 11 is 5.32. The molecule has 0 saturated carbocycles. The van der Waals surface area contributed by atoms with Crippen molar-refractivity contribution in [3.63, 3.8) is 0 Å². The molecular weight excluding hydrogens is 286 g/mol. The van der Waals surface area contributed by atoms with Crippen LogP contribution in [0.15, 0.2) is 22.0 Å². The van der Waals surface area contributed by atoms with Gasteiger partial charge in [-0.25, -0.2) is 0 Å². The minimum atomic E-state index is 0.777. The Balaban J connectivity index is 2.27. The second kappa shape index (κ2) is 8.01. The molecule has 0 atom stereocenters. The molecule has 0 aliphatic rings. The van der Waals surface area contributed by atoms with E-state index in [1.807, 2.05) is 0 Å². The van der Waals surface area contributed by atoms with Gasteiger partial charge in [0.1, 0.15) is 0 Å². The number of thiophene rings is 1. The Morgan fingerprint density at radius 2 is 2.38 bits per heavy atom. The zero-order chi connectivity index (χ0) is 11.8. The second-order valence-electron chi connectivity index (χ2n) is 3.52. The molecule has 0 aliphatic carbocycles. The van der Waals surface area contributed by atoms with Crippen molar-refractivity contribution in [1.29, 1.82) is 0 Å². The maximum absolute atomic E-state index is 4.96. The van der Waals surface area contributed by atoms with Gasteiger partial charge in [-0.05, 0) is 52.8 Å². The molecule has 1 N–H and O–H groups in total. The summed E-state index contributed by atoms with van der Waals surface area (Å²) in [4.78, 5) is 1.33. The van der Waals surface area contributed by atoms with Crippen LogP contribution in [0.25, 0.3) is 5.57 Å². The average Bonchev–Trinajstić information content (AvgIpc) is 2.69. The summed E-state index contributed by atoms with van der Waals surface area (Å²) in [6.07, 6.45) is 3.33. The van der Waals surface area contributed by atoms with E-state index in [9.17, 15) is 0 Å². The van der Waals surface area contributed by atoms with Crippen LogP contribution in [0.5, 0.6) is 0 Å². The summed E-state index contributed by atoms with van der Waals surface area (Å²) in [5.74, 6) is 0. The molecule has 4 heteroatoms. The Labute approximate surface area is 110 Å². The summed E-state index contributed by atoms with van der Waals surface area (Å²) in [6.45, 7) is 4.86. The number of hydrogen-bond donors (Lipinski definition) is 1. The molecule has 2 nitrogen and oxygen atoms in total. The maximum atomic E-state index is 4.96. The van der Waals surface area contributed by atoms with Crippen molar-refractivity contribution in [2.75, 3.05) is 26.8 Å². The highest BCUT2D eigenvalue weighted by Crippen LogP contribution is 2.29. The van der Waals surface area contributed by atoms with Gasteiger partial charge in [0.15, 0.2) is 0 Å². The average molecular weight is 304 g/mol. The molecule has 0 aliphatic heterocycles. The number of hydrogen-bond acceptors (Lipinski definition) is 3. The van der Waals surface area contributed by atoms with Crippen LogP contribution in [0, 0.1) is 0 Å². The van der Waals surface area contributed by atoms with Gasteiger partial charge in [-0.15, -0.1) is 11.3 Å². The molecule has 1 rings (SSSR count). The van der Waals surface area contributed by atoms with Gasteiger partial charge in [0.05, 0.1) is 6.61 Å². The Morgan fingerprint density at radius 1 is 1.56 bits per heavy atom. The Hall–Kier alpha value is -0.160. The fourth-order valence-electron chi connectivity index (χ4n) is 1.36. The first-order valence-electron chi connectivity index (χ1n) is 5.35. The lowest BCUT2D eigenvalue weighted by molar-refractivity contribution is 0.199. The molecule has 1 heterocycles. The topological polar surface area (TPSA) is 21.3 Å². The number of nitrogens with one attached hydrogen (secondary N) is 1. The van der Waals surface area contributed by atoms with E-state index in [-0.39, 0.29) is 0 Å². The van der Waals surface area contributed by atoms with Crippen molar-refractivity contribution >= 4 is 32.8 Å². The van der Waals surface area contributed by atoms with E-state index in [1.54, 1.807) is 18.4 Å². The molecule has 1 aromatic rings. The highest BCUT2D eigenvalue weighted by Gasteiger charge is 2.01. The zero-order valence-corrected chi connectivity index (χ0v) is 12.2. The molecule has 0 fully saturated rings. The number of methoxy groups -OCH3 is 1. The lowest BCUT2D eigenvalue weighted by Gasteiger charge is -2.02. The highest BCUT2D eigenvalue weighted by molar-refractivity contribution is 9.10. The van der Waals surface area contributed by atoms with Crippen molar-refractivity contribution in [3.05, 3.63) is 26.9 Å². The van der Waals surface area contributed by atoms with Crippen molar-refractivity contribution in [3.8, 4) is 0 Å². The van der Waals surface area contributed by atoms with E-state index >= 15 is 0 Å². The van der Waals surface area contributed by atoms with E-state index in [2.05, 4.69) is 45.7 Å². The number of allylic oxidation sites excluding steroid dienone is 1. The lowest BCUT2D eigenvalue weighted by atomic mass is 10.2. The van der Waals surface area contributed by atoms with E-state index < -0.39 is 0 Å². The van der Waals surface area contributed by atoms with Crippen molar-refractivity contribution in [1.82, 2.24) is 5.32 Å². The van der Waals surface area contributed by atoms with Crippen LogP contribution in [0.4, 0.5) is 0 Å². The molecule has 90 valence electrons. The van der Waals surface area contributed by atoms with Crippen LogP contribution in [-0.2, 0) is 4.74 Å². The van der Waals surface area contributed by atoms with Crippen LogP contribution in [0.2, 0.25) is 0 Å². The third kappa shape index (κ3) is 4.78. The Kier molecular flexibility index (Phi) is 6.96. The monoisotopic (exact) mass is 303 g/mol. The fraction of sp³-hybridized carbons (Fsp3) is 0.500. The number of halogens is 1. The lowest BCUT2D eigenvalue weighted by Crippen LogP contribution is -2.19. The number of rotatable bonds is 7. The van der Waals surface area contributed by atoms with E-state index in [4.69, 9.17) is 4.74 Å². The summed E-state index contributed by atoms with van der Waals surface area (Å²) < 4.78 is 6.15. The van der Waals surface area contributed by atoms with Crippen LogP contribution in [0.1, 0.15) is 18.2 Å². The predicted molar refractivity (Wildman–Crippen MR) is 75.0 cm³/mol. The standard InChI is InChI=1S/C12H18BrNOS/c1-10(12-11(13)5-9-16-12)4-3-6-14-7-8-15-2/h4-5,9,14H,3,6-8H2,1-2H3. The summed E-state index contributed by atoms with van der Waals surface area (Å²) in [5, 5.41) is 5.43. The minimum absolute atomic E-state index is 0.777. The molecule has 0 radical (unpaired) electrons. The van der Waals surface area contributed by atoms with Gasteiger partial charge in [-0.2, -0.15) is 0 Å². The molecule has 0 saturated heterocycles. The highest BCUT2D eigenvalue weighted by atomic mass is 79.9. The van der Waals surface area contributed by atoms with E-state index in [0.29, 0.717) is 0 Å². The largest absolute Gasteiger partial charge is 0.383 e. The van der Waals surface area contributed by atoms with Crippen molar-refractivity contribution < 1.29 is 4.74 Å². The third-order valence-corrected chi connectivity index (χ3v) is 4.20. The summed E-state index contributed by atoms with van der Waals surface area (Å²) in [6, 6.07) is 2.09. The van der Waals surface area contributed by atoms with Crippen molar-refractivity contribution in [2.45, 2.75) is 13.3 Å². The van der Waals surface area contributed by atoms with E-state index in [0.717, 1.165) is 26.1 Å². The zero-order valence-electron chi connectivity index (χ0n) is 9.75. The first-order valence-corrected chi connectivity index (χ1v) is 7.02. The van der Waals surface area contributed by atoms with E-state index in [1.165, 1.54) is 14.9 Å². The molecule has 0 amide bonds. The van der Waals surface area contributed by atoms with Gasteiger partial charge < -0.3 is 10.1 Å². The number of ether oxygens (including phenoxy) is 1. The van der Waals surface area contributed by atoms with Gasteiger partial charge in [-0.1, -0.05) is 6.08 Å². The normalized spacial score (nSPS) is 12.1. The smallest absolute Gasteiger partial charge is 0.0587 e. The second-order valence-corrected chi connectivity index (χ2v) is 5.29. The Bertz CT molecular complexity index is 336. The summed E-state index contributed by atoms with van der Waals surface area (Å²) in [5.41, 5.74) is 1.34. The van der Waals surface area contributed by atoms with Crippen LogP contribution in [-0.4, -0.2) is 26.8 Å². The van der Waals surface area contributed by atoms with Gasteiger partial charge in [-0.3, -0.25) is 0 Å². The molecular formula is C12H18BrNOS. The minimum Gasteiger partial charge on any atom is -0.383 e. The third-order valence-electron chi connectivity index (χ3n) is 2.23. The molecule has 0 aromatic carbocycles. The maximum Gasteiger partial charge on any atom is 0.0587 e. The summed E-state index contributed by atoms with van der Waals surface area (Å²) in [7, 11) is 1.72. The predicted octanol–water partition coefficient (Wildman–Crippen LogP) is 3.54. The van der Waals surface area contributed by atoms with Crippen LogP contribution >= 0.6 is 27.3 Å². The van der Waals surface area contributed by atoms with Crippen LogP contribution < -0.4 is 5.32 Å². The molecule has 0 unspecified atom stereocenters. The molecule has 0 spiro atoms. The fourth-order valence-corrected chi connectivity index (χ4v) is 3.05. The van der Waals surface area contributed by atoms with Gasteiger partial charge in [0.2, 0.25) is 0 Å². The van der Waals surface area contributed by atoms with Crippen LogP contribution in [0.3, 0.4) is 0 Å². The Morgan fingerprint density at radius 3 is 3.00 bits per heavy atom. The molecule has 0 bridgehead atoms.